The van der Waals surface area contributed by atoms with Gasteiger partial charge >= 0.3 is 0 Å². The lowest BCUT2D eigenvalue weighted by molar-refractivity contribution is 0.0953. The van der Waals surface area contributed by atoms with Gasteiger partial charge in [0.05, 0.1) is 6.61 Å². The molecule has 1 aliphatic rings. The van der Waals surface area contributed by atoms with Gasteiger partial charge in [-0.05, 0) is 37.1 Å². The Kier molecular flexibility index (Phi) is 6.17. The molecule has 1 heterocycles. The van der Waals surface area contributed by atoms with Crippen LogP contribution in [0.2, 0.25) is 0 Å². The number of hydrogen-bond acceptors (Lipinski definition) is 5. The molecule has 2 rings (SSSR count). The summed E-state index contributed by atoms with van der Waals surface area (Å²) in [5.74, 6) is 6.51. The third kappa shape index (κ3) is 4.70. The molecule has 0 radical (unpaired) electrons. The molecule has 0 atom stereocenters. The van der Waals surface area contributed by atoms with Gasteiger partial charge in [-0.1, -0.05) is 0 Å². The van der Waals surface area contributed by atoms with Gasteiger partial charge in [-0.2, -0.15) is 11.8 Å². The number of benzene rings is 1. The first-order chi connectivity index (χ1) is 9.79. The maximum absolute atomic E-state index is 11.3. The highest BCUT2D eigenvalue weighted by Gasteiger charge is 2.13. The molecule has 1 saturated heterocycles. The molecule has 0 saturated carbocycles. The first kappa shape index (κ1) is 15.2. The highest BCUT2D eigenvalue weighted by molar-refractivity contribution is 7.99. The van der Waals surface area contributed by atoms with Crippen LogP contribution >= 0.6 is 11.8 Å². The van der Waals surface area contributed by atoms with Gasteiger partial charge in [0.1, 0.15) is 5.75 Å². The second kappa shape index (κ2) is 8.14. The van der Waals surface area contributed by atoms with Crippen LogP contribution in [0.25, 0.3) is 0 Å². The van der Waals surface area contributed by atoms with Crippen LogP contribution in [-0.4, -0.2) is 36.7 Å². The first-order valence-corrected chi connectivity index (χ1v) is 7.77. The molecule has 0 spiro atoms. The van der Waals surface area contributed by atoms with E-state index in [9.17, 15) is 4.79 Å². The normalized spacial score (nSPS) is 15.8. The van der Waals surface area contributed by atoms with E-state index in [2.05, 4.69) is 5.43 Å². The average molecular weight is 296 g/mol. The summed E-state index contributed by atoms with van der Waals surface area (Å²) < 4.78 is 11.0. The Bertz CT molecular complexity index is 419. The Hall–Kier alpha value is -1.24. The number of nitrogens with one attached hydrogen (secondary N) is 1. The van der Waals surface area contributed by atoms with Crippen LogP contribution in [0.3, 0.4) is 0 Å². The van der Waals surface area contributed by atoms with Crippen LogP contribution in [0.15, 0.2) is 24.3 Å². The minimum Gasteiger partial charge on any atom is -0.493 e. The topological polar surface area (TPSA) is 73.6 Å². The van der Waals surface area contributed by atoms with Crippen LogP contribution < -0.4 is 16.0 Å². The standard InChI is InChI=1S/C14H20N2O3S/c15-16-14(17)11-1-3-12(4-2-11)19-9-10-20-13-5-7-18-8-6-13/h1-4,13H,5-10,15H2,(H,16,17). The summed E-state index contributed by atoms with van der Waals surface area (Å²) in [7, 11) is 0. The van der Waals surface area contributed by atoms with Crippen molar-refractivity contribution in [3.8, 4) is 5.75 Å². The second-order valence-electron chi connectivity index (χ2n) is 4.53. The quantitative estimate of drug-likeness (QED) is 0.361. The first-order valence-electron chi connectivity index (χ1n) is 6.73. The molecule has 1 aromatic rings. The number of ether oxygens (including phenoxy) is 2. The highest BCUT2D eigenvalue weighted by atomic mass is 32.2. The van der Waals surface area contributed by atoms with Gasteiger partial charge in [-0.25, -0.2) is 5.84 Å². The third-order valence-electron chi connectivity index (χ3n) is 3.12. The van der Waals surface area contributed by atoms with Crippen molar-refractivity contribution in [1.29, 1.82) is 0 Å². The summed E-state index contributed by atoms with van der Waals surface area (Å²) in [6.45, 7) is 2.43. The number of thioether (sulfide) groups is 1. The van der Waals surface area contributed by atoms with E-state index in [0.29, 0.717) is 17.4 Å². The smallest absolute Gasteiger partial charge is 0.265 e. The molecule has 1 aromatic carbocycles. The maximum Gasteiger partial charge on any atom is 0.265 e. The van der Waals surface area contributed by atoms with E-state index in [0.717, 1.165) is 37.6 Å². The molecule has 1 aliphatic heterocycles. The number of carbonyl (C=O) groups excluding carboxylic acids is 1. The number of carbonyl (C=O) groups is 1. The summed E-state index contributed by atoms with van der Waals surface area (Å²) in [6.07, 6.45) is 2.27. The maximum atomic E-state index is 11.3. The molecule has 6 heteroatoms. The third-order valence-corrected chi connectivity index (χ3v) is 4.47. The number of hydrogen-bond donors (Lipinski definition) is 2. The monoisotopic (exact) mass is 296 g/mol. The Morgan fingerprint density at radius 3 is 2.70 bits per heavy atom. The molecule has 0 aliphatic carbocycles. The van der Waals surface area contributed by atoms with Crippen LogP contribution in [0.1, 0.15) is 23.2 Å². The van der Waals surface area contributed by atoms with Crippen molar-refractivity contribution in [3.63, 3.8) is 0 Å². The van der Waals surface area contributed by atoms with Gasteiger partial charge in [0.25, 0.3) is 5.91 Å². The Balaban J connectivity index is 1.67. The lowest BCUT2D eigenvalue weighted by Gasteiger charge is -2.21. The van der Waals surface area contributed by atoms with Crippen LogP contribution in [0, 0.1) is 0 Å². The molecule has 5 nitrogen and oxygen atoms in total. The average Bonchev–Trinajstić information content (AvgIpc) is 2.52. The highest BCUT2D eigenvalue weighted by Crippen LogP contribution is 2.22. The van der Waals surface area contributed by atoms with Crippen molar-refractivity contribution in [1.82, 2.24) is 5.43 Å². The van der Waals surface area contributed by atoms with Gasteiger partial charge < -0.3 is 9.47 Å². The summed E-state index contributed by atoms with van der Waals surface area (Å²) in [5, 5.41) is 0.697. The van der Waals surface area contributed by atoms with E-state index in [-0.39, 0.29) is 5.91 Å². The number of nitrogens with two attached hydrogens (primary N) is 1. The predicted molar refractivity (Wildman–Crippen MR) is 79.9 cm³/mol. The zero-order valence-electron chi connectivity index (χ0n) is 11.3. The van der Waals surface area contributed by atoms with E-state index in [1.165, 1.54) is 0 Å². The van der Waals surface area contributed by atoms with Crippen LogP contribution in [0.4, 0.5) is 0 Å². The number of nitrogen functional groups attached to an aromatic ring is 1. The van der Waals surface area contributed by atoms with Crippen LogP contribution in [0.5, 0.6) is 5.75 Å². The fourth-order valence-corrected chi connectivity index (χ4v) is 3.04. The molecular formula is C14H20N2O3S. The summed E-state index contributed by atoms with van der Waals surface area (Å²) in [6, 6.07) is 6.96. The van der Waals surface area contributed by atoms with Crippen molar-refractivity contribution in [2.75, 3.05) is 25.6 Å². The summed E-state index contributed by atoms with van der Waals surface area (Å²) in [4.78, 5) is 11.3. The molecule has 20 heavy (non-hydrogen) atoms. The van der Waals surface area contributed by atoms with E-state index < -0.39 is 0 Å². The van der Waals surface area contributed by atoms with E-state index >= 15 is 0 Å². The zero-order chi connectivity index (χ0) is 14.2. The Labute approximate surface area is 123 Å². The van der Waals surface area contributed by atoms with Crippen molar-refractivity contribution < 1.29 is 14.3 Å². The second-order valence-corrected chi connectivity index (χ2v) is 5.94. The van der Waals surface area contributed by atoms with Gasteiger partial charge in [0.15, 0.2) is 0 Å². The molecular weight excluding hydrogens is 276 g/mol. The lowest BCUT2D eigenvalue weighted by atomic mass is 10.2. The van der Waals surface area contributed by atoms with E-state index in [1.54, 1.807) is 24.3 Å². The number of rotatable bonds is 6. The lowest BCUT2D eigenvalue weighted by Crippen LogP contribution is -2.29. The minimum absolute atomic E-state index is 0.299. The molecule has 0 bridgehead atoms. The Morgan fingerprint density at radius 2 is 2.05 bits per heavy atom. The van der Waals surface area contributed by atoms with Crippen molar-refractivity contribution in [2.45, 2.75) is 18.1 Å². The van der Waals surface area contributed by atoms with Gasteiger partial charge in [-0.15, -0.1) is 0 Å². The van der Waals surface area contributed by atoms with Crippen molar-refractivity contribution >= 4 is 17.7 Å². The molecule has 1 fully saturated rings. The summed E-state index contributed by atoms with van der Waals surface area (Å²) in [5.41, 5.74) is 2.62. The van der Waals surface area contributed by atoms with E-state index in [4.69, 9.17) is 15.3 Å². The minimum atomic E-state index is -0.299. The summed E-state index contributed by atoms with van der Waals surface area (Å²) >= 11 is 1.94. The SMILES string of the molecule is NNC(=O)c1ccc(OCCSC2CCOCC2)cc1. The zero-order valence-corrected chi connectivity index (χ0v) is 12.2. The Morgan fingerprint density at radius 1 is 1.35 bits per heavy atom. The molecule has 110 valence electrons. The van der Waals surface area contributed by atoms with Gasteiger partial charge in [0.2, 0.25) is 0 Å². The van der Waals surface area contributed by atoms with Gasteiger partial charge in [0, 0.05) is 29.8 Å². The van der Waals surface area contributed by atoms with Crippen LogP contribution in [-0.2, 0) is 4.74 Å². The van der Waals surface area contributed by atoms with E-state index in [1.807, 2.05) is 11.8 Å². The molecule has 3 N–H and O–H groups in total. The van der Waals surface area contributed by atoms with Crippen molar-refractivity contribution in [3.05, 3.63) is 29.8 Å². The molecule has 0 aromatic heterocycles. The largest absolute Gasteiger partial charge is 0.493 e. The predicted octanol–water partition coefficient (Wildman–Crippen LogP) is 1.58. The van der Waals surface area contributed by atoms with Crippen molar-refractivity contribution in [2.24, 2.45) is 5.84 Å². The fourth-order valence-electron chi connectivity index (χ4n) is 2.00. The molecule has 1 amide bonds. The molecule has 0 unspecified atom stereocenters. The van der Waals surface area contributed by atoms with Gasteiger partial charge in [-0.3, -0.25) is 10.2 Å². The number of hydrazine groups is 1. The number of amides is 1. The fraction of sp³-hybridized carbons (Fsp3) is 0.500.